The molecule has 0 saturated carbocycles. The monoisotopic (exact) mass is 706 g/mol. The van der Waals surface area contributed by atoms with E-state index >= 15 is 0 Å². The summed E-state index contributed by atoms with van der Waals surface area (Å²) < 4.78 is 6.56. The first-order chi connectivity index (χ1) is 23.3. The molecule has 3 heterocycles. The van der Waals surface area contributed by atoms with E-state index in [0.29, 0.717) is 50.1 Å². The Bertz CT molecular complexity index is 2090. The number of rotatable bonds is 8. The molecule has 1 atom stereocenters. The molecule has 2 saturated heterocycles. The number of nitrogens with zero attached hydrogens (tertiary/aromatic N) is 3. The van der Waals surface area contributed by atoms with E-state index in [2.05, 4.69) is 38.3 Å². The van der Waals surface area contributed by atoms with Crippen LogP contribution in [0, 0.1) is 0 Å². The number of fused-ring (bicyclic) bond motifs is 2. The van der Waals surface area contributed by atoms with Gasteiger partial charge in [-0.15, -0.1) is 0 Å². The maximum atomic E-state index is 14.2. The zero-order valence-electron chi connectivity index (χ0n) is 26.4. The van der Waals surface area contributed by atoms with Crippen molar-refractivity contribution >= 4 is 61.1 Å². The smallest absolute Gasteiger partial charge is 0.287 e. The summed E-state index contributed by atoms with van der Waals surface area (Å²) in [7, 11) is 0. The topological polar surface area (TPSA) is 103 Å². The molecule has 244 valence electrons. The van der Waals surface area contributed by atoms with Gasteiger partial charge in [0.05, 0.1) is 5.39 Å². The number of likely N-dealkylation sites (tertiary alicyclic amines) is 1. The summed E-state index contributed by atoms with van der Waals surface area (Å²) in [4.78, 5) is 58.9. The van der Waals surface area contributed by atoms with Crippen molar-refractivity contribution in [2.45, 2.75) is 31.8 Å². The fourth-order valence-electron chi connectivity index (χ4n) is 6.69. The zero-order chi connectivity index (χ0) is 33.2. The van der Waals surface area contributed by atoms with Crippen LogP contribution in [0.4, 0.5) is 5.69 Å². The van der Waals surface area contributed by atoms with Gasteiger partial charge in [0.25, 0.3) is 5.91 Å². The number of piperazine rings is 1. The number of para-hydroxylation sites is 1. The highest BCUT2D eigenvalue weighted by molar-refractivity contribution is 9.10. The number of halogens is 1. The van der Waals surface area contributed by atoms with Gasteiger partial charge in [-0.05, 0) is 52.6 Å². The van der Waals surface area contributed by atoms with Gasteiger partial charge in [0.2, 0.25) is 11.8 Å². The molecule has 0 aliphatic carbocycles. The molecular weight excluding hydrogens is 672 g/mol. The molecule has 0 radical (unpaired) electrons. The summed E-state index contributed by atoms with van der Waals surface area (Å²) in [5.41, 5.74) is 3.02. The number of nitrogens with one attached hydrogen (secondary N) is 1. The van der Waals surface area contributed by atoms with Crippen molar-refractivity contribution in [3.8, 4) is 0 Å². The summed E-state index contributed by atoms with van der Waals surface area (Å²) in [5.74, 6) is -0.779. The van der Waals surface area contributed by atoms with Crippen LogP contribution in [-0.2, 0) is 22.6 Å². The van der Waals surface area contributed by atoms with Crippen molar-refractivity contribution in [1.29, 1.82) is 0 Å². The second-order valence-electron chi connectivity index (χ2n) is 12.4. The van der Waals surface area contributed by atoms with E-state index in [-0.39, 0.29) is 29.4 Å². The highest BCUT2D eigenvalue weighted by Gasteiger charge is 2.31. The predicted molar refractivity (Wildman–Crippen MR) is 189 cm³/mol. The van der Waals surface area contributed by atoms with E-state index in [9.17, 15) is 19.2 Å². The third-order valence-corrected chi connectivity index (χ3v) is 9.72. The number of amides is 3. The van der Waals surface area contributed by atoms with Gasteiger partial charge in [0.1, 0.15) is 11.6 Å². The molecule has 7 rings (SSSR count). The first kappa shape index (κ1) is 31.6. The highest BCUT2D eigenvalue weighted by Crippen LogP contribution is 2.26. The Balaban J connectivity index is 1.11. The second-order valence-corrected chi connectivity index (χ2v) is 13.3. The van der Waals surface area contributed by atoms with Crippen LogP contribution in [0.25, 0.3) is 21.7 Å². The van der Waals surface area contributed by atoms with Crippen molar-refractivity contribution in [2.75, 3.05) is 37.6 Å². The van der Waals surface area contributed by atoms with Crippen LogP contribution in [0.5, 0.6) is 0 Å². The summed E-state index contributed by atoms with van der Waals surface area (Å²) in [6, 6.07) is 27.5. The minimum Gasteiger partial charge on any atom is -0.451 e. The van der Waals surface area contributed by atoms with Crippen LogP contribution in [0.2, 0.25) is 0 Å². The molecule has 2 aliphatic rings. The molecule has 3 amide bonds. The lowest BCUT2D eigenvalue weighted by Crippen LogP contribution is -2.55. The number of carbonyl (C=O) groups is 3. The number of hydrogen-bond donors (Lipinski definition) is 1. The van der Waals surface area contributed by atoms with Crippen LogP contribution < -0.4 is 15.6 Å². The van der Waals surface area contributed by atoms with Crippen LogP contribution in [0.3, 0.4) is 0 Å². The standard InChI is InChI=1S/C38H35BrN4O5/c39-29-13-14-34-30(22-29)33(44)23-35(48-34)37(46)40-31(21-25-11-12-26-6-1-2-7-27(26)20-25)38(47)42-18-16-41(17-19-42)32-9-4-3-8-28(32)24-43-15-5-10-36(43)45/h1-4,6-9,11-14,20,22-23,31H,5,10,15-19,21,24H2,(H,40,46)/t31-/m1/s1. The summed E-state index contributed by atoms with van der Waals surface area (Å²) in [6.45, 7) is 3.53. The molecule has 0 spiro atoms. The van der Waals surface area contributed by atoms with E-state index in [1.54, 1.807) is 23.1 Å². The zero-order valence-corrected chi connectivity index (χ0v) is 27.9. The van der Waals surface area contributed by atoms with Crippen molar-refractivity contribution in [2.24, 2.45) is 0 Å². The molecule has 2 fully saturated rings. The molecule has 0 unspecified atom stereocenters. The molecule has 48 heavy (non-hydrogen) atoms. The van der Waals surface area contributed by atoms with Crippen molar-refractivity contribution < 1.29 is 18.8 Å². The Hall–Kier alpha value is -4.96. The Morgan fingerprint density at radius 3 is 2.40 bits per heavy atom. The Morgan fingerprint density at radius 2 is 1.60 bits per heavy atom. The fourth-order valence-corrected chi connectivity index (χ4v) is 7.05. The SMILES string of the molecule is O=C(N[C@H](Cc1ccc2ccccc2c1)C(=O)N1CCN(c2ccccc2CN2CCCC2=O)CC1)c1cc(=O)c2cc(Br)ccc2o1. The van der Waals surface area contributed by atoms with Crippen molar-refractivity contribution in [1.82, 2.24) is 15.1 Å². The average molecular weight is 708 g/mol. The Kier molecular flexibility index (Phi) is 8.99. The third-order valence-electron chi connectivity index (χ3n) is 9.23. The van der Waals surface area contributed by atoms with Gasteiger partial charge < -0.3 is 24.4 Å². The van der Waals surface area contributed by atoms with E-state index in [1.165, 1.54) is 6.07 Å². The van der Waals surface area contributed by atoms with E-state index < -0.39 is 11.9 Å². The Labute approximate surface area is 286 Å². The lowest BCUT2D eigenvalue weighted by Gasteiger charge is -2.38. The van der Waals surface area contributed by atoms with Crippen LogP contribution in [-0.4, -0.2) is 66.3 Å². The quantitative estimate of drug-likeness (QED) is 0.228. The average Bonchev–Trinajstić information content (AvgIpc) is 3.51. The third kappa shape index (κ3) is 6.71. The van der Waals surface area contributed by atoms with Gasteiger partial charge in [0.15, 0.2) is 11.2 Å². The molecule has 9 nitrogen and oxygen atoms in total. The lowest BCUT2D eigenvalue weighted by atomic mass is 10.0. The minimum atomic E-state index is -0.885. The maximum absolute atomic E-state index is 14.2. The van der Waals surface area contributed by atoms with Gasteiger partial charge in [-0.2, -0.15) is 0 Å². The minimum absolute atomic E-state index is 0.149. The Morgan fingerprint density at radius 1 is 0.833 bits per heavy atom. The van der Waals surface area contributed by atoms with Crippen molar-refractivity contribution in [3.05, 3.63) is 123 Å². The summed E-state index contributed by atoms with van der Waals surface area (Å²) >= 11 is 3.37. The number of carbonyl (C=O) groups excluding carboxylic acids is 3. The van der Waals surface area contributed by atoms with Crippen molar-refractivity contribution in [3.63, 3.8) is 0 Å². The molecule has 0 bridgehead atoms. The number of hydrogen-bond acceptors (Lipinski definition) is 6. The molecule has 1 aromatic heterocycles. The van der Waals surface area contributed by atoms with Crippen LogP contribution in [0.1, 0.15) is 34.5 Å². The first-order valence-corrected chi connectivity index (χ1v) is 17.0. The van der Waals surface area contributed by atoms with Gasteiger partial charge >= 0.3 is 0 Å². The largest absolute Gasteiger partial charge is 0.451 e. The van der Waals surface area contributed by atoms with Crippen LogP contribution in [0.15, 0.2) is 105 Å². The van der Waals surface area contributed by atoms with Crippen LogP contribution >= 0.6 is 15.9 Å². The molecule has 5 aromatic rings. The maximum Gasteiger partial charge on any atom is 0.287 e. The molecule has 2 aliphatic heterocycles. The lowest BCUT2D eigenvalue weighted by molar-refractivity contribution is -0.133. The highest BCUT2D eigenvalue weighted by atomic mass is 79.9. The van der Waals surface area contributed by atoms with E-state index in [4.69, 9.17) is 4.42 Å². The summed E-state index contributed by atoms with van der Waals surface area (Å²) in [6.07, 6.45) is 1.77. The molecule has 1 N–H and O–H groups in total. The van der Waals surface area contributed by atoms with E-state index in [0.717, 1.165) is 45.0 Å². The van der Waals surface area contributed by atoms with Gasteiger partial charge in [-0.1, -0.05) is 76.6 Å². The normalized spacial score (nSPS) is 15.7. The number of anilines is 1. The summed E-state index contributed by atoms with van der Waals surface area (Å²) in [5, 5.41) is 5.39. The molecule has 10 heteroatoms. The fraction of sp³-hybridized carbons (Fsp3) is 0.263. The van der Waals surface area contributed by atoms with Gasteiger partial charge in [-0.3, -0.25) is 19.2 Å². The molecule has 4 aromatic carbocycles. The second kappa shape index (κ2) is 13.6. The van der Waals surface area contributed by atoms with Gasteiger partial charge in [-0.25, -0.2) is 0 Å². The van der Waals surface area contributed by atoms with Gasteiger partial charge in [0, 0.05) is 68.3 Å². The number of benzene rings is 4. The predicted octanol–water partition coefficient (Wildman–Crippen LogP) is 5.52. The van der Waals surface area contributed by atoms with E-state index in [1.807, 2.05) is 59.5 Å². The first-order valence-electron chi connectivity index (χ1n) is 16.2. The molecular formula is C38H35BrN4O5.